The van der Waals surface area contributed by atoms with Gasteiger partial charge in [0.2, 0.25) is 0 Å². The van der Waals surface area contributed by atoms with Crippen LogP contribution in [0.4, 0.5) is 17.1 Å². The Balaban J connectivity index is 2.07. The number of nitro groups is 1. The van der Waals surface area contributed by atoms with Crippen molar-refractivity contribution in [3.8, 4) is 0 Å². The van der Waals surface area contributed by atoms with E-state index in [1.807, 2.05) is 0 Å². The number of benzene rings is 1. The monoisotopic (exact) mass is 252 g/mol. The first-order valence-corrected chi connectivity index (χ1v) is 5.58. The van der Waals surface area contributed by atoms with Gasteiger partial charge in [0.1, 0.15) is 5.69 Å². The highest BCUT2D eigenvalue weighted by Gasteiger charge is 2.22. The molecule has 17 heavy (non-hydrogen) atoms. The Morgan fingerprint density at radius 3 is 2.82 bits per heavy atom. The molecule has 2 rings (SSSR count). The van der Waals surface area contributed by atoms with Crippen molar-refractivity contribution in [1.82, 2.24) is 5.32 Å². The van der Waals surface area contributed by atoms with E-state index in [4.69, 9.17) is 18.0 Å². The fraction of sp³-hybridized carbons (Fsp3) is 0.300. The maximum Gasteiger partial charge on any atom is 0.294 e. The summed E-state index contributed by atoms with van der Waals surface area (Å²) in [4.78, 5) is 10.2. The summed E-state index contributed by atoms with van der Waals surface area (Å²) in [5, 5.41) is 17.2. The Bertz CT molecular complexity index is 473. The Morgan fingerprint density at radius 1 is 1.53 bits per heavy atom. The number of hydrogen-bond acceptors (Lipinski definition) is 4. The molecule has 0 bridgehead atoms. The van der Waals surface area contributed by atoms with Gasteiger partial charge in [0.05, 0.1) is 4.92 Å². The van der Waals surface area contributed by atoms with Crippen molar-refractivity contribution < 1.29 is 4.92 Å². The lowest BCUT2D eigenvalue weighted by Gasteiger charge is -2.09. The highest BCUT2D eigenvalue weighted by Crippen LogP contribution is 2.25. The third-order valence-electron chi connectivity index (χ3n) is 2.40. The minimum atomic E-state index is -0.516. The molecule has 6 nitrogen and oxygen atoms in total. The third-order valence-corrected chi connectivity index (χ3v) is 2.62. The van der Waals surface area contributed by atoms with E-state index >= 15 is 0 Å². The highest BCUT2D eigenvalue weighted by molar-refractivity contribution is 7.80. The number of nitrogen functional groups attached to an aromatic ring is 1. The fourth-order valence-corrected chi connectivity index (χ4v) is 1.64. The first kappa shape index (κ1) is 11.6. The molecule has 0 atom stereocenters. The molecule has 0 radical (unpaired) electrons. The summed E-state index contributed by atoms with van der Waals surface area (Å²) in [6.45, 7) is 0. The van der Waals surface area contributed by atoms with E-state index in [1.54, 1.807) is 6.07 Å². The minimum Gasteiger partial charge on any atom is -0.393 e. The molecule has 1 aliphatic rings. The maximum atomic E-state index is 10.7. The molecule has 0 amide bonds. The summed E-state index contributed by atoms with van der Waals surface area (Å²) in [7, 11) is 0. The quantitative estimate of drug-likeness (QED) is 0.327. The van der Waals surface area contributed by atoms with Crippen LogP contribution in [0.1, 0.15) is 12.8 Å². The van der Waals surface area contributed by atoms with E-state index in [-0.39, 0.29) is 11.4 Å². The van der Waals surface area contributed by atoms with Gasteiger partial charge >= 0.3 is 0 Å². The van der Waals surface area contributed by atoms with Crippen LogP contribution in [0.15, 0.2) is 18.2 Å². The van der Waals surface area contributed by atoms with Gasteiger partial charge in [-0.15, -0.1) is 0 Å². The van der Waals surface area contributed by atoms with Gasteiger partial charge in [0, 0.05) is 17.8 Å². The predicted molar refractivity (Wildman–Crippen MR) is 69.9 cm³/mol. The van der Waals surface area contributed by atoms with Gasteiger partial charge in [-0.2, -0.15) is 0 Å². The summed E-state index contributed by atoms with van der Waals surface area (Å²) < 4.78 is 0. The van der Waals surface area contributed by atoms with Gasteiger partial charge in [0.15, 0.2) is 5.11 Å². The summed E-state index contributed by atoms with van der Waals surface area (Å²) in [6.07, 6.45) is 2.23. The standard InChI is InChI=1S/C10H12N4O2S/c11-8-4-3-7(5-9(8)14(15)16)13-10(17)12-6-1-2-6/h3-6H,1-2,11H2,(H2,12,13,17). The lowest BCUT2D eigenvalue weighted by Crippen LogP contribution is -2.30. The third kappa shape index (κ3) is 3.04. The molecule has 7 heteroatoms. The normalized spacial score (nSPS) is 14.1. The molecule has 1 aromatic rings. The van der Waals surface area contributed by atoms with Gasteiger partial charge < -0.3 is 16.4 Å². The van der Waals surface area contributed by atoms with E-state index in [0.29, 0.717) is 16.8 Å². The van der Waals surface area contributed by atoms with Gasteiger partial charge in [-0.3, -0.25) is 10.1 Å². The van der Waals surface area contributed by atoms with Crippen LogP contribution in [0, 0.1) is 10.1 Å². The van der Waals surface area contributed by atoms with Gasteiger partial charge in [-0.1, -0.05) is 0 Å². The molecular formula is C10H12N4O2S. The van der Waals surface area contributed by atoms with Crippen molar-refractivity contribution in [2.45, 2.75) is 18.9 Å². The van der Waals surface area contributed by atoms with Gasteiger partial charge in [0.25, 0.3) is 5.69 Å². The molecule has 0 aliphatic heterocycles. The van der Waals surface area contributed by atoms with Crippen LogP contribution in [0.3, 0.4) is 0 Å². The molecule has 0 heterocycles. The van der Waals surface area contributed by atoms with Crippen molar-refractivity contribution >= 4 is 34.4 Å². The zero-order valence-electron chi connectivity index (χ0n) is 8.97. The molecule has 90 valence electrons. The Hall–Kier alpha value is -1.89. The summed E-state index contributed by atoms with van der Waals surface area (Å²) in [6, 6.07) is 4.96. The fourth-order valence-electron chi connectivity index (χ4n) is 1.36. The van der Waals surface area contributed by atoms with Crippen LogP contribution in [0.5, 0.6) is 0 Å². The van der Waals surface area contributed by atoms with Gasteiger partial charge in [-0.05, 0) is 37.2 Å². The number of anilines is 2. The summed E-state index contributed by atoms with van der Waals surface area (Å²) in [5.74, 6) is 0. The Kier molecular flexibility index (Phi) is 3.10. The molecule has 4 N–H and O–H groups in total. The van der Waals surface area contributed by atoms with E-state index in [0.717, 1.165) is 12.8 Å². The minimum absolute atomic E-state index is 0.121. The van der Waals surface area contributed by atoms with Gasteiger partial charge in [-0.25, -0.2) is 0 Å². The molecule has 0 spiro atoms. The van der Waals surface area contributed by atoms with Crippen LogP contribution in [-0.4, -0.2) is 16.1 Å². The largest absolute Gasteiger partial charge is 0.393 e. The number of rotatable bonds is 3. The van der Waals surface area contributed by atoms with Crippen LogP contribution in [-0.2, 0) is 0 Å². The number of thiocarbonyl (C=S) groups is 1. The number of nitrogens with zero attached hydrogens (tertiary/aromatic N) is 1. The van der Waals surface area contributed by atoms with Crippen LogP contribution in [0.25, 0.3) is 0 Å². The van der Waals surface area contributed by atoms with Crippen molar-refractivity contribution in [3.63, 3.8) is 0 Å². The molecule has 1 saturated carbocycles. The lowest BCUT2D eigenvalue weighted by atomic mass is 10.2. The zero-order valence-corrected chi connectivity index (χ0v) is 9.79. The Labute approximate surface area is 103 Å². The van der Waals surface area contributed by atoms with Crippen LogP contribution < -0.4 is 16.4 Å². The number of nitro benzene ring substituents is 1. The van der Waals surface area contributed by atoms with Crippen molar-refractivity contribution in [2.75, 3.05) is 11.1 Å². The van der Waals surface area contributed by atoms with Crippen LogP contribution in [0.2, 0.25) is 0 Å². The highest BCUT2D eigenvalue weighted by atomic mass is 32.1. The van der Waals surface area contributed by atoms with Crippen molar-refractivity contribution in [2.24, 2.45) is 0 Å². The number of nitrogens with one attached hydrogen (secondary N) is 2. The average molecular weight is 252 g/mol. The summed E-state index contributed by atoms with van der Waals surface area (Å²) >= 11 is 5.07. The number of hydrogen-bond donors (Lipinski definition) is 3. The molecule has 1 aliphatic carbocycles. The Morgan fingerprint density at radius 2 is 2.24 bits per heavy atom. The van der Waals surface area contributed by atoms with E-state index in [1.165, 1.54) is 12.1 Å². The van der Waals surface area contributed by atoms with Crippen molar-refractivity contribution in [1.29, 1.82) is 0 Å². The SMILES string of the molecule is Nc1ccc(NC(=S)NC2CC2)cc1[N+](=O)[O-]. The predicted octanol–water partition coefficient (Wildman–Crippen LogP) is 1.63. The smallest absolute Gasteiger partial charge is 0.294 e. The van der Waals surface area contributed by atoms with Crippen LogP contribution >= 0.6 is 12.2 Å². The second kappa shape index (κ2) is 4.54. The first-order chi connectivity index (χ1) is 8.06. The van der Waals surface area contributed by atoms with Crippen molar-refractivity contribution in [3.05, 3.63) is 28.3 Å². The first-order valence-electron chi connectivity index (χ1n) is 5.17. The number of nitrogens with two attached hydrogens (primary N) is 1. The maximum absolute atomic E-state index is 10.7. The van der Waals surface area contributed by atoms with E-state index in [9.17, 15) is 10.1 Å². The average Bonchev–Trinajstić information content (AvgIpc) is 3.04. The second-order valence-corrected chi connectivity index (χ2v) is 4.31. The second-order valence-electron chi connectivity index (χ2n) is 3.90. The topological polar surface area (TPSA) is 93.2 Å². The molecule has 0 saturated heterocycles. The summed E-state index contributed by atoms with van der Waals surface area (Å²) in [5.41, 5.74) is 6.07. The van der Waals surface area contributed by atoms with E-state index < -0.39 is 4.92 Å². The molecule has 1 fully saturated rings. The van der Waals surface area contributed by atoms with E-state index in [2.05, 4.69) is 10.6 Å². The zero-order chi connectivity index (χ0) is 12.4. The molecule has 1 aromatic carbocycles. The lowest BCUT2D eigenvalue weighted by molar-refractivity contribution is -0.383. The molecular weight excluding hydrogens is 240 g/mol. The molecule has 0 unspecified atom stereocenters. The molecule has 0 aromatic heterocycles.